The summed E-state index contributed by atoms with van der Waals surface area (Å²) in [4.78, 5) is 10.6. The maximum atomic E-state index is 10.6. The summed E-state index contributed by atoms with van der Waals surface area (Å²) in [5.74, 6) is 0.542. The van der Waals surface area contributed by atoms with Gasteiger partial charge in [-0.15, -0.1) is 0 Å². The molecule has 1 aliphatic heterocycles. The standard InChI is InChI=1S/C11H12O4/c1-14-9-4-7-2-3-15-10(7)5-8(9)6-11(12)13/h4-5H,2-3,6H2,1H3,(H,12,13). The summed E-state index contributed by atoms with van der Waals surface area (Å²) < 4.78 is 10.5. The van der Waals surface area contributed by atoms with Gasteiger partial charge in [0.2, 0.25) is 0 Å². The molecule has 1 aliphatic rings. The van der Waals surface area contributed by atoms with Gasteiger partial charge >= 0.3 is 5.97 Å². The van der Waals surface area contributed by atoms with Crippen molar-refractivity contribution >= 4 is 5.97 Å². The van der Waals surface area contributed by atoms with E-state index in [1.54, 1.807) is 13.2 Å². The SMILES string of the molecule is COc1cc2c(cc1CC(=O)O)OCC2. The van der Waals surface area contributed by atoms with Crippen LogP contribution >= 0.6 is 0 Å². The molecule has 0 saturated heterocycles. The molecule has 1 N–H and O–H groups in total. The van der Waals surface area contributed by atoms with E-state index < -0.39 is 5.97 Å². The fraction of sp³-hybridized carbons (Fsp3) is 0.364. The molecular weight excluding hydrogens is 196 g/mol. The van der Waals surface area contributed by atoms with Gasteiger partial charge in [0.05, 0.1) is 20.1 Å². The van der Waals surface area contributed by atoms with E-state index in [4.69, 9.17) is 14.6 Å². The molecule has 1 heterocycles. The molecule has 15 heavy (non-hydrogen) atoms. The van der Waals surface area contributed by atoms with E-state index in [-0.39, 0.29) is 6.42 Å². The molecule has 2 rings (SSSR count). The predicted octanol–water partition coefficient (Wildman–Crippen LogP) is 1.26. The first-order valence-electron chi connectivity index (χ1n) is 4.75. The van der Waals surface area contributed by atoms with Gasteiger partial charge in [-0.05, 0) is 12.1 Å². The largest absolute Gasteiger partial charge is 0.496 e. The van der Waals surface area contributed by atoms with Crippen molar-refractivity contribution in [2.24, 2.45) is 0 Å². The average Bonchev–Trinajstić information content (AvgIpc) is 2.62. The summed E-state index contributed by atoms with van der Waals surface area (Å²) in [5, 5.41) is 8.74. The Morgan fingerprint density at radius 2 is 2.40 bits per heavy atom. The number of carbonyl (C=O) groups is 1. The normalized spacial score (nSPS) is 13.1. The van der Waals surface area contributed by atoms with E-state index in [9.17, 15) is 4.79 Å². The summed E-state index contributed by atoms with van der Waals surface area (Å²) in [6.45, 7) is 0.662. The molecule has 1 aromatic carbocycles. The highest BCUT2D eigenvalue weighted by atomic mass is 16.5. The maximum Gasteiger partial charge on any atom is 0.307 e. The fourth-order valence-corrected chi connectivity index (χ4v) is 1.74. The Balaban J connectivity index is 2.39. The fourth-order valence-electron chi connectivity index (χ4n) is 1.74. The van der Waals surface area contributed by atoms with Gasteiger partial charge in [0.1, 0.15) is 11.5 Å². The lowest BCUT2D eigenvalue weighted by atomic mass is 10.1. The van der Waals surface area contributed by atoms with Crippen molar-refractivity contribution in [3.63, 3.8) is 0 Å². The summed E-state index contributed by atoms with van der Waals surface area (Å²) >= 11 is 0. The number of fused-ring (bicyclic) bond motifs is 1. The summed E-state index contributed by atoms with van der Waals surface area (Å²) in [5.41, 5.74) is 1.74. The summed E-state index contributed by atoms with van der Waals surface area (Å²) in [7, 11) is 1.54. The third kappa shape index (κ3) is 1.88. The Morgan fingerprint density at radius 1 is 1.60 bits per heavy atom. The quantitative estimate of drug-likeness (QED) is 0.812. The van der Waals surface area contributed by atoms with Crippen LogP contribution in [0.15, 0.2) is 12.1 Å². The third-order valence-electron chi connectivity index (χ3n) is 2.43. The second kappa shape index (κ2) is 3.81. The van der Waals surface area contributed by atoms with Crippen LogP contribution in [0.5, 0.6) is 11.5 Å². The van der Waals surface area contributed by atoms with E-state index in [2.05, 4.69) is 0 Å². The first kappa shape index (κ1) is 9.83. The predicted molar refractivity (Wildman–Crippen MR) is 53.5 cm³/mol. The van der Waals surface area contributed by atoms with Crippen LogP contribution in [0.1, 0.15) is 11.1 Å². The summed E-state index contributed by atoms with van der Waals surface area (Å²) in [6.07, 6.45) is 0.818. The van der Waals surface area contributed by atoms with Crippen LogP contribution in [0.2, 0.25) is 0 Å². The smallest absolute Gasteiger partial charge is 0.307 e. The van der Waals surface area contributed by atoms with E-state index in [1.807, 2.05) is 6.07 Å². The van der Waals surface area contributed by atoms with Gasteiger partial charge in [-0.25, -0.2) is 0 Å². The highest BCUT2D eigenvalue weighted by molar-refractivity contribution is 5.72. The first-order chi connectivity index (χ1) is 7.20. The number of carboxylic acids is 1. The highest BCUT2D eigenvalue weighted by Crippen LogP contribution is 2.32. The van der Waals surface area contributed by atoms with Gasteiger partial charge in [0.15, 0.2) is 0 Å². The third-order valence-corrected chi connectivity index (χ3v) is 2.43. The number of carboxylic acid groups (broad SMARTS) is 1. The second-order valence-electron chi connectivity index (χ2n) is 3.44. The molecule has 4 nitrogen and oxygen atoms in total. The molecule has 0 unspecified atom stereocenters. The number of hydrogen-bond donors (Lipinski definition) is 1. The molecule has 80 valence electrons. The van der Waals surface area contributed by atoms with Gasteiger partial charge in [-0.1, -0.05) is 0 Å². The zero-order valence-corrected chi connectivity index (χ0v) is 8.45. The van der Waals surface area contributed by atoms with Crippen molar-refractivity contribution in [3.05, 3.63) is 23.3 Å². The Bertz CT molecular complexity index is 398. The Morgan fingerprint density at radius 3 is 3.07 bits per heavy atom. The van der Waals surface area contributed by atoms with Crippen LogP contribution in [-0.4, -0.2) is 24.8 Å². The van der Waals surface area contributed by atoms with Crippen LogP contribution in [0, 0.1) is 0 Å². The number of rotatable bonds is 3. The van der Waals surface area contributed by atoms with Crippen LogP contribution in [-0.2, 0) is 17.6 Å². The molecule has 0 amide bonds. The van der Waals surface area contributed by atoms with E-state index in [0.29, 0.717) is 17.9 Å². The highest BCUT2D eigenvalue weighted by Gasteiger charge is 2.17. The van der Waals surface area contributed by atoms with Crippen LogP contribution in [0.3, 0.4) is 0 Å². The molecule has 0 aromatic heterocycles. The van der Waals surface area contributed by atoms with Crippen molar-refractivity contribution < 1.29 is 19.4 Å². The Kier molecular flexibility index (Phi) is 2.49. The minimum absolute atomic E-state index is 0.0419. The number of benzene rings is 1. The lowest BCUT2D eigenvalue weighted by Gasteiger charge is -2.08. The molecule has 4 heteroatoms. The van der Waals surface area contributed by atoms with Crippen molar-refractivity contribution in [2.75, 3.05) is 13.7 Å². The molecule has 0 fully saturated rings. The molecule has 0 spiro atoms. The van der Waals surface area contributed by atoms with Gasteiger partial charge in [0.25, 0.3) is 0 Å². The van der Waals surface area contributed by atoms with Crippen LogP contribution in [0.25, 0.3) is 0 Å². The van der Waals surface area contributed by atoms with Crippen LogP contribution in [0.4, 0.5) is 0 Å². The number of ether oxygens (including phenoxy) is 2. The molecule has 0 bridgehead atoms. The number of methoxy groups -OCH3 is 1. The summed E-state index contributed by atoms with van der Waals surface area (Å²) in [6, 6.07) is 3.62. The van der Waals surface area contributed by atoms with Crippen LogP contribution < -0.4 is 9.47 Å². The number of hydrogen-bond acceptors (Lipinski definition) is 3. The molecule has 0 aliphatic carbocycles. The zero-order chi connectivity index (χ0) is 10.8. The van der Waals surface area contributed by atoms with Gasteiger partial charge in [-0.3, -0.25) is 4.79 Å². The first-order valence-corrected chi connectivity index (χ1v) is 4.75. The number of aliphatic carboxylic acids is 1. The average molecular weight is 208 g/mol. The molecule has 0 radical (unpaired) electrons. The lowest BCUT2D eigenvalue weighted by Crippen LogP contribution is -2.02. The molecular formula is C11H12O4. The van der Waals surface area contributed by atoms with Crippen molar-refractivity contribution in [1.82, 2.24) is 0 Å². The zero-order valence-electron chi connectivity index (χ0n) is 8.45. The minimum atomic E-state index is -0.869. The maximum absolute atomic E-state index is 10.6. The van der Waals surface area contributed by atoms with E-state index >= 15 is 0 Å². The van der Waals surface area contributed by atoms with Crippen molar-refractivity contribution in [1.29, 1.82) is 0 Å². The Hall–Kier alpha value is -1.71. The molecule has 1 aromatic rings. The van der Waals surface area contributed by atoms with Gasteiger partial charge < -0.3 is 14.6 Å². The van der Waals surface area contributed by atoms with E-state index in [1.165, 1.54) is 0 Å². The van der Waals surface area contributed by atoms with Gasteiger partial charge in [0, 0.05) is 17.5 Å². The minimum Gasteiger partial charge on any atom is -0.496 e. The van der Waals surface area contributed by atoms with E-state index in [0.717, 1.165) is 17.7 Å². The topological polar surface area (TPSA) is 55.8 Å². The van der Waals surface area contributed by atoms with Gasteiger partial charge in [-0.2, -0.15) is 0 Å². The molecule has 0 saturated carbocycles. The monoisotopic (exact) mass is 208 g/mol. The lowest BCUT2D eigenvalue weighted by molar-refractivity contribution is -0.136. The molecule has 0 atom stereocenters. The Labute approximate surface area is 87.4 Å². The van der Waals surface area contributed by atoms with Crippen molar-refractivity contribution in [3.8, 4) is 11.5 Å². The van der Waals surface area contributed by atoms with Crippen molar-refractivity contribution in [2.45, 2.75) is 12.8 Å². The second-order valence-corrected chi connectivity index (χ2v) is 3.44.